The monoisotopic (exact) mass is 168 g/mol. The summed E-state index contributed by atoms with van der Waals surface area (Å²) >= 11 is 0. The van der Waals surface area contributed by atoms with E-state index >= 15 is 0 Å². The van der Waals surface area contributed by atoms with Crippen molar-refractivity contribution in [3.8, 4) is 0 Å². The van der Waals surface area contributed by atoms with Crippen molar-refractivity contribution >= 4 is 16.7 Å². The van der Waals surface area contributed by atoms with Crippen LogP contribution < -0.4 is 0 Å². The Bertz CT molecular complexity index is 518. The third kappa shape index (κ3) is 0.839. The summed E-state index contributed by atoms with van der Waals surface area (Å²) in [7, 11) is 0. The molecule has 0 aliphatic heterocycles. The molecule has 3 heteroatoms. The van der Waals surface area contributed by atoms with Crippen LogP contribution in [-0.4, -0.2) is 14.4 Å². The van der Waals surface area contributed by atoms with E-state index in [1.165, 1.54) is 0 Å². The van der Waals surface area contributed by atoms with Crippen molar-refractivity contribution in [2.24, 2.45) is 0 Å². The highest BCUT2D eigenvalue weighted by atomic mass is 15.0. The van der Waals surface area contributed by atoms with E-state index in [-0.39, 0.29) is 0 Å². The van der Waals surface area contributed by atoms with Crippen LogP contribution in [-0.2, 0) is 0 Å². The van der Waals surface area contributed by atoms with E-state index in [9.17, 15) is 0 Å². The lowest BCUT2D eigenvalue weighted by atomic mass is 10.4. The molecule has 1 radical (unpaired) electrons. The van der Waals surface area contributed by atoms with Gasteiger partial charge < -0.3 is 0 Å². The average molecular weight is 168 g/mol. The Morgan fingerprint density at radius 3 is 3.23 bits per heavy atom. The van der Waals surface area contributed by atoms with Crippen LogP contribution in [0.25, 0.3) is 16.7 Å². The molecule has 0 saturated carbocycles. The number of fused-ring (bicyclic) bond motifs is 3. The Hall–Kier alpha value is -1.90. The molecule has 0 aliphatic carbocycles. The molecule has 0 saturated heterocycles. The van der Waals surface area contributed by atoms with Gasteiger partial charge in [-0.2, -0.15) is 0 Å². The summed E-state index contributed by atoms with van der Waals surface area (Å²) in [4.78, 5) is 8.36. The molecule has 0 fully saturated rings. The van der Waals surface area contributed by atoms with Crippen molar-refractivity contribution < 1.29 is 0 Å². The number of hydrogen-bond donors (Lipinski definition) is 0. The van der Waals surface area contributed by atoms with E-state index in [2.05, 4.69) is 16.2 Å². The van der Waals surface area contributed by atoms with Crippen LogP contribution in [0.15, 0.2) is 36.7 Å². The minimum atomic E-state index is 0.929. The maximum atomic E-state index is 4.41. The molecule has 3 aromatic heterocycles. The van der Waals surface area contributed by atoms with Crippen LogP contribution in [0, 0.1) is 6.20 Å². The van der Waals surface area contributed by atoms with Gasteiger partial charge in [0.25, 0.3) is 0 Å². The van der Waals surface area contributed by atoms with Gasteiger partial charge in [-0.3, -0.25) is 9.38 Å². The molecule has 0 aromatic carbocycles. The van der Waals surface area contributed by atoms with E-state index in [4.69, 9.17) is 0 Å². The first-order valence-electron chi connectivity index (χ1n) is 4.05. The third-order valence-electron chi connectivity index (χ3n) is 2.03. The molecule has 0 amide bonds. The predicted octanol–water partition coefficient (Wildman–Crippen LogP) is 1.68. The summed E-state index contributed by atoms with van der Waals surface area (Å²) in [5.74, 6) is 0. The minimum Gasteiger partial charge on any atom is -0.298 e. The van der Waals surface area contributed by atoms with E-state index in [0.29, 0.717) is 0 Å². The molecule has 3 rings (SSSR count). The van der Waals surface area contributed by atoms with Crippen molar-refractivity contribution in [3.63, 3.8) is 0 Å². The van der Waals surface area contributed by atoms with Gasteiger partial charge in [-0.05, 0) is 18.2 Å². The topological polar surface area (TPSA) is 30.2 Å². The molecule has 0 spiro atoms. The SMILES string of the molecule is [c]1nccc2nc3ccccn3c12. The summed E-state index contributed by atoms with van der Waals surface area (Å²) < 4.78 is 1.97. The van der Waals surface area contributed by atoms with Crippen molar-refractivity contribution in [1.82, 2.24) is 14.4 Å². The normalized spacial score (nSPS) is 11.1. The maximum Gasteiger partial charge on any atom is 0.137 e. The van der Waals surface area contributed by atoms with Gasteiger partial charge in [0, 0.05) is 12.4 Å². The van der Waals surface area contributed by atoms with Gasteiger partial charge in [-0.1, -0.05) is 6.07 Å². The molecule has 3 heterocycles. The van der Waals surface area contributed by atoms with E-state index < -0.39 is 0 Å². The van der Waals surface area contributed by atoms with Crippen molar-refractivity contribution in [1.29, 1.82) is 0 Å². The lowest BCUT2D eigenvalue weighted by Crippen LogP contribution is -1.81. The van der Waals surface area contributed by atoms with Crippen molar-refractivity contribution in [2.45, 2.75) is 0 Å². The Morgan fingerprint density at radius 1 is 1.23 bits per heavy atom. The van der Waals surface area contributed by atoms with Gasteiger partial charge in [-0.25, -0.2) is 4.98 Å². The van der Waals surface area contributed by atoms with Crippen LogP contribution in [0.5, 0.6) is 0 Å². The lowest BCUT2D eigenvalue weighted by molar-refractivity contribution is 1.21. The fraction of sp³-hybridized carbons (Fsp3) is 0. The second-order valence-electron chi connectivity index (χ2n) is 2.83. The average Bonchev–Trinajstić information content (AvgIpc) is 2.56. The van der Waals surface area contributed by atoms with Gasteiger partial charge in [-0.15, -0.1) is 0 Å². The van der Waals surface area contributed by atoms with Gasteiger partial charge in [0.05, 0.1) is 5.52 Å². The highest BCUT2D eigenvalue weighted by Gasteiger charge is 2.01. The zero-order chi connectivity index (χ0) is 8.67. The van der Waals surface area contributed by atoms with Crippen LogP contribution in [0.4, 0.5) is 0 Å². The summed E-state index contributed by atoms with van der Waals surface area (Å²) in [5.41, 5.74) is 2.79. The van der Waals surface area contributed by atoms with Gasteiger partial charge in [0.1, 0.15) is 17.4 Å². The quantitative estimate of drug-likeness (QED) is 0.511. The fourth-order valence-electron chi connectivity index (χ4n) is 1.45. The lowest BCUT2D eigenvalue weighted by Gasteiger charge is -1.90. The van der Waals surface area contributed by atoms with Gasteiger partial charge in [0.2, 0.25) is 0 Å². The summed E-state index contributed by atoms with van der Waals surface area (Å²) in [6.45, 7) is 0. The number of pyridine rings is 2. The zero-order valence-electron chi connectivity index (χ0n) is 6.81. The molecule has 0 aliphatic rings. The second-order valence-corrected chi connectivity index (χ2v) is 2.83. The molecule has 0 bridgehead atoms. The van der Waals surface area contributed by atoms with Crippen LogP contribution in [0.1, 0.15) is 0 Å². The van der Waals surface area contributed by atoms with E-state index in [1.54, 1.807) is 6.20 Å². The smallest absolute Gasteiger partial charge is 0.137 e. The second kappa shape index (κ2) is 2.29. The summed E-state index contributed by atoms with van der Waals surface area (Å²) in [6.07, 6.45) is 6.59. The Balaban J connectivity index is 2.64. The highest BCUT2D eigenvalue weighted by Crippen LogP contribution is 2.13. The standard InChI is InChI=1S/C10H6N3/c1-2-6-13-9-7-11-5-4-8(9)12-10(13)3-1/h1-6H. The number of imidazole rings is 1. The first kappa shape index (κ1) is 6.60. The first-order chi connectivity index (χ1) is 6.45. The highest BCUT2D eigenvalue weighted by molar-refractivity contribution is 5.78. The molecule has 3 nitrogen and oxygen atoms in total. The molecule has 0 atom stereocenters. The Kier molecular flexibility index (Phi) is 1.16. The Labute approximate surface area is 74.7 Å². The Morgan fingerprint density at radius 2 is 2.23 bits per heavy atom. The van der Waals surface area contributed by atoms with Crippen LogP contribution in [0.2, 0.25) is 0 Å². The first-order valence-corrected chi connectivity index (χ1v) is 4.05. The molecule has 0 unspecified atom stereocenters. The predicted molar refractivity (Wildman–Crippen MR) is 49.3 cm³/mol. The van der Waals surface area contributed by atoms with E-state index in [0.717, 1.165) is 16.7 Å². The van der Waals surface area contributed by atoms with E-state index in [1.807, 2.05) is 34.9 Å². The minimum absolute atomic E-state index is 0.929. The molecule has 0 N–H and O–H groups in total. The third-order valence-corrected chi connectivity index (χ3v) is 2.03. The number of aromatic nitrogens is 3. The molecule has 13 heavy (non-hydrogen) atoms. The van der Waals surface area contributed by atoms with Crippen molar-refractivity contribution in [2.75, 3.05) is 0 Å². The van der Waals surface area contributed by atoms with Crippen LogP contribution >= 0.6 is 0 Å². The zero-order valence-corrected chi connectivity index (χ0v) is 6.81. The summed E-state index contributed by atoms with van der Waals surface area (Å²) in [5, 5.41) is 0. The molecular weight excluding hydrogens is 162 g/mol. The fourth-order valence-corrected chi connectivity index (χ4v) is 1.45. The summed E-state index contributed by atoms with van der Waals surface area (Å²) in [6, 6.07) is 7.79. The molecule has 3 aromatic rings. The number of rotatable bonds is 0. The number of hydrogen-bond acceptors (Lipinski definition) is 2. The molecule has 61 valence electrons. The molecular formula is C10H6N3. The maximum absolute atomic E-state index is 4.41. The van der Waals surface area contributed by atoms with Crippen molar-refractivity contribution in [3.05, 3.63) is 42.9 Å². The van der Waals surface area contributed by atoms with Gasteiger partial charge in [0.15, 0.2) is 0 Å². The van der Waals surface area contributed by atoms with Crippen LogP contribution in [0.3, 0.4) is 0 Å². The van der Waals surface area contributed by atoms with Gasteiger partial charge >= 0.3 is 0 Å². The number of nitrogens with zero attached hydrogens (tertiary/aromatic N) is 3. The largest absolute Gasteiger partial charge is 0.298 e.